The number of benzene rings is 1. The van der Waals surface area contributed by atoms with Crippen molar-refractivity contribution in [2.45, 2.75) is 19.3 Å². The van der Waals surface area contributed by atoms with E-state index in [1.807, 2.05) is 0 Å². The molecule has 0 fully saturated rings. The van der Waals surface area contributed by atoms with Gasteiger partial charge >= 0.3 is 0 Å². The summed E-state index contributed by atoms with van der Waals surface area (Å²) < 4.78 is 24.0. The quantitative estimate of drug-likeness (QED) is 0.763. The predicted octanol–water partition coefficient (Wildman–Crippen LogP) is 3.19. The smallest absolute Gasteiger partial charge is 0.182 e. The summed E-state index contributed by atoms with van der Waals surface area (Å²) in [4.78, 5) is 10.5. The molecule has 0 spiro atoms. The maximum atomic E-state index is 14.0. The Hall–Kier alpha value is -1.29. The van der Waals surface area contributed by atoms with Crippen molar-refractivity contribution in [2.75, 3.05) is 14.2 Å². The van der Waals surface area contributed by atoms with Crippen molar-refractivity contribution in [2.24, 2.45) is 0 Å². The Kier molecular flexibility index (Phi) is 4.75. The summed E-state index contributed by atoms with van der Waals surface area (Å²) in [5.74, 6) is -0.316. The molecule has 0 aliphatic rings. The van der Waals surface area contributed by atoms with Gasteiger partial charge in [0, 0.05) is 6.42 Å². The number of halogens is 2. The Balaban J connectivity index is 3.33. The fraction of sp³-hybridized carbons (Fsp3) is 0.417. The number of aldehydes is 1. The summed E-state index contributed by atoms with van der Waals surface area (Å²) in [6.45, 7) is 1.75. The molecule has 0 aromatic heterocycles. The molecule has 0 aliphatic carbocycles. The molecule has 0 saturated carbocycles. The maximum absolute atomic E-state index is 14.0. The van der Waals surface area contributed by atoms with Crippen LogP contribution in [0.3, 0.4) is 0 Å². The Morgan fingerprint density at radius 1 is 1.47 bits per heavy atom. The van der Waals surface area contributed by atoms with Crippen LogP contribution in [0.15, 0.2) is 6.07 Å². The molecule has 1 unspecified atom stereocenters. The van der Waals surface area contributed by atoms with E-state index in [1.165, 1.54) is 20.3 Å². The SMILES string of the molecule is COc1cc(C(C)CC=O)c(F)c(Cl)c1OC. The van der Waals surface area contributed by atoms with E-state index in [1.54, 1.807) is 6.92 Å². The van der Waals surface area contributed by atoms with Gasteiger partial charge in [-0.25, -0.2) is 4.39 Å². The summed E-state index contributed by atoms with van der Waals surface area (Å²) in [6.07, 6.45) is 0.970. The van der Waals surface area contributed by atoms with E-state index in [0.29, 0.717) is 11.3 Å². The van der Waals surface area contributed by atoms with E-state index in [2.05, 4.69) is 0 Å². The summed E-state index contributed by atoms with van der Waals surface area (Å²) in [7, 11) is 2.83. The average molecular weight is 261 g/mol. The van der Waals surface area contributed by atoms with Crippen molar-refractivity contribution >= 4 is 17.9 Å². The second-order valence-electron chi connectivity index (χ2n) is 3.63. The fourth-order valence-corrected chi connectivity index (χ4v) is 1.86. The van der Waals surface area contributed by atoms with Crippen LogP contribution in [0.25, 0.3) is 0 Å². The lowest BCUT2D eigenvalue weighted by molar-refractivity contribution is -0.108. The summed E-state index contributed by atoms with van der Waals surface area (Å²) >= 11 is 5.86. The molecule has 0 radical (unpaired) electrons. The van der Waals surface area contributed by atoms with Crippen LogP contribution in [0.1, 0.15) is 24.8 Å². The summed E-state index contributed by atoms with van der Waals surface area (Å²) in [6, 6.07) is 1.51. The number of carbonyl (C=O) groups excluding carboxylic acids is 1. The molecule has 0 bridgehead atoms. The predicted molar refractivity (Wildman–Crippen MR) is 63.6 cm³/mol. The van der Waals surface area contributed by atoms with Crippen LogP contribution in [0, 0.1) is 5.82 Å². The van der Waals surface area contributed by atoms with Gasteiger partial charge in [0.25, 0.3) is 0 Å². The van der Waals surface area contributed by atoms with Gasteiger partial charge in [0.1, 0.15) is 17.1 Å². The zero-order chi connectivity index (χ0) is 13.0. The third-order valence-electron chi connectivity index (χ3n) is 2.56. The van der Waals surface area contributed by atoms with E-state index < -0.39 is 5.82 Å². The minimum Gasteiger partial charge on any atom is -0.493 e. The van der Waals surface area contributed by atoms with Crippen LogP contribution in [-0.2, 0) is 4.79 Å². The van der Waals surface area contributed by atoms with Crippen molar-refractivity contribution in [3.8, 4) is 11.5 Å². The molecule has 0 aliphatic heterocycles. The van der Waals surface area contributed by atoms with Gasteiger partial charge < -0.3 is 14.3 Å². The van der Waals surface area contributed by atoms with Gasteiger partial charge in [-0.1, -0.05) is 18.5 Å². The first-order valence-corrected chi connectivity index (χ1v) is 5.48. The van der Waals surface area contributed by atoms with Gasteiger partial charge in [-0.2, -0.15) is 0 Å². The van der Waals surface area contributed by atoms with Crippen molar-refractivity contribution < 1.29 is 18.7 Å². The molecular formula is C12H14ClFO3. The van der Waals surface area contributed by atoms with Gasteiger partial charge in [0.2, 0.25) is 0 Å². The van der Waals surface area contributed by atoms with Gasteiger partial charge in [-0.15, -0.1) is 0 Å². The number of rotatable bonds is 5. The topological polar surface area (TPSA) is 35.5 Å². The molecule has 1 atom stereocenters. The summed E-state index contributed by atoms with van der Waals surface area (Å²) in [5.41, 5.74) is 0.347. The molecule has 0 heterocycles. The third-order valence-corrected chi connectivity index (χ3v) is 2.90. The number of hydrogen-bond acceptors (Lipinski definition) is 3. The normalized spacial score (nSPS) is 12.1. The van der Waals surface area contributed by atoms with Crippen molar-refractivity contribution in [3.05, 3.63) is 22.5 Å². The van der Waals surface area contributed by atoms with Gasteiger partial charge in [-0.05, 0) is 17.5 Å². The highest BCUT2D eigenvalue weighted by Crippen LogP contribution is 2.41. The monoisotopic (exact) mass is 260 g/mol. The number of hydrogen-bond donors (Lipinski definition) is 0. The van der Waals surface area contributed by atoms with Gasteiger partial charge in [0.15, 0.2) is 11.5 Å². The molecule has 0 saturated heterocycles. The standard InChI is InChI=1S/C12H14ClFO3/c1-7(4-5-15)8-6-9(16-2)12(17-3)10(13)11(8)14/h5-7H,4H2,1-3H3. The molecule has 1 aromatic rings. The first-order valence-electron chi connectivity index (χ1n) is 5.10. The highest BCUT2D eigenvalue weighted by Gasteiger charge is 2.21. The Morgan fingerprint density at radius 2 is 2.12 bits per heavy atom. The van der Waals surface area contributed by atoms with Crippen LogP contribution in [-0.4, -0.2) is 20.5 Å². The number of carbonyl (C=O) groups is 1. The maximum Gasteiger partial charge on any atom is 0.182 e. The molecule has 0 N–H and O–H groups in total. The first kappa shape index (κ1) is 13.8. The molecule has 3 nitrogen and oxygen atoms in total. The first-order chi connectivity index (χ1) is 8.06. The Labute approximate surface area is 104 Å². The highest BCUT2D eigenvalue weighted by molar-refractivity contribution is 6.32. The lowest BCUT2D eigenvalue weighted by Crippen LogP contribution is -2.02. The fourth-order valence-electron chi connectivity index (χ4n) is 1.58. The number of ether oxygens (including phenoxy) is 2. The minimum absolute atomic E-state index is 0.125. The van der Waals surface area contributed by atoms with Gasteiger partial charge in [-0.3, -0.25) is 0 Å². The van der Waals surface area contributed by atoms with Crippen LogP contribution in [0.4, 0.5) is 4.39 Å². The largest absolute Gasteiger partial charge is 0.493 e. The van der Waals surface area contributed by atoms with E-state index >= 15 is 0 Å². The third kappa shape index (κ3) is 2.69. The van der Waals surface area contributed by atoms with E-state index in [9.17, 15) is 9.18 Å². The molecule has 1 aromatic carbocycles. The lowest BCUT2D eigenvalue weighted by atomic mass is 9.97. The van der Waals surface area contributed by atoms with Crippen molar-refractivity contribution in [1.29, 1.82) is 0 Å². The van der Waals surface area contributed by atoms with E-state index in [0.717, 1.165) is 6.29 Å². The average Bonchev–Trinajstić information content (AvgIpc) is 2.32. The Morgan fingerprint density at radius 3 is 2.59 bits per heavy atom. The minimum atomic E-state index is -0.571. The van der Waals surface area contributed by atoms with E-state index in [4.69, 9.17) is 21.1 Å². The second kappa shape index (κ2) is 5.87. The van der Waals surface area contributed by atoms with Crippen LogP contribution >= 0.6 is 11.6 Å². The highest BCUT2D eigenvalue weighted by atomic mass is 35.5. The van der Waals surface area contributed by atoms with Crippen molar-refractivity contribution in [3.63, 3.8) is 0 Å². The van der Waals surface area contributed by atoms with E-state index in [-0.39, 0.29) is 23.1 Å². The van der Waals surface area contributed by atoms with Gasteiger partial charge in [0.05, 0.1) is 14.2 Å². The second-order valence-corrected chi connectivity index (χ2v) is 4.01. The molecule has 17 heavy (non-hydrogen) atoms. The molecule has 5 heteroatoms. The lowest BCUT2D eigenvalue weighted by Gasteiger charge is -2.16. The Bertz CT molecular complexity index is 421. The van der Waals surface area contributed by atoms with Crippen LogP contribution in [0.5, 0.6) is 11.5 Å². The molecular weight excluding hydrogens is 247 g/mol. The van der Waals surface area contributed by atoms with Crippen molar-refractivity contribution in [1.82, 2.24) is 0 Å². The molecule has 0 amide bonds. The summed E-state index contributed by atoms with van der Waals surface area (Å²) in [5, 5.41) is -0.125. The molecule has 94 valence electrons. The van der Waals surface area contributed by atoms with Crippen LogP contribution < -0.4 is 9.47 Å². The zero-order valence-electron chi connectivity index (χ0n) is 9.92. The zero-order valence-corrected chi connectivity index (χ0v) is 10.7. The number of methoxy groups -OCH3 is 2. The molecule has 1 rings (SSSR count). The van der Waals surface area contributed by atoms with Crippen LogP contribution in [0.2, 0.25) is 5.02 Å².